The zero-order valence-corrected chi connectivity index (χ0v) is 15.7. The molecule has 2 unspecified atom stereocenters. The van der Waals surface area contributed by atoms with Gasteiger partial charge in [0.2, 0.25) is 5.91 Å². The molecule has 2 aliphatic heterocycles. The highest BCUT2D eigenvalue weighted by Crippen LogP contribution is 2.18. The van der Waals surface area contributed by atoms with Gasteiger partial charge >= 0.3 is 0 Å². The van der Waals surface area contributed by atoms with Crippen LogP contribution in [0.2, 0.25) is 0 Å². The number of aromatic nitrogens is 1. The molecule has 2 fully saturated rings. The largest absolute Gasteiger partial charge is 0.379 e. The lowest BCUT2D eigenvalue weighted by Gasteiger charge is -2.32. The summed E-state index contributed by atoms with van der Waals surface area (Å²) < 4.78 is 22.1. The molecule has 3 rings (SSSR count). The molecule has 0 saturated carbocycles. The van der Waals surface area contributed by atoms with Crippen molar-refractivity contribution in [3.8, 4) is 0 Å². The van der Waals surface area contributed by atoms with Gasteiger partial charge < -0.3 is 24.1 Å². The first kappa shape index (κ1) is 19.3. The van der Waals surface area contributed by atoms with E-state index in [4.69, 9.17) is 18.7 Å². The van der Waals surface area contributed by atoms with Crippen molar-refractivity contribution in [2.75, 3.05) is 46.1 Å². The summed E-state index contributed by atoms with van der Waals surface area (Å²) in [5.41, 5.74) is 1.80. The number of morpholine rings is 1. The van der Waals surface area contributed by atoms with Gasteiger partial charge in [-0.2, -0.15) is 0 Å². The minimum atomic E-state index is -0.162. The highest BCUT2D eigenvalue weighted by atomic mass is 16.5. The first-order valence-electron chi connectivity index (χ1n) is 9.34. The van der Waals surface area contributed by atoms with Gasteiger partial charge in [0.05, 0.1) is 38.2 Å². The number of ether oxygens (including phenoxy) is 3. The highest BCUT2D eigenvalue weighted by Gasteiger charge is 2.28. The molecule has 3 heterocycles. The molecule has 0 radical (unpaired) electrons. The number of hydrogen-bond donors (Lipinski definition) is 1. The van der Waals surface area contributed by atoms with Crippen molar-refractivity contribution in [3.05, 3.63) is 17.0 Å². The van der Waals surface area contributed by atoms with Crippen LogP contribution in [0.5, 0.6) is 0 Å². The molecule has 146 valence electrons. The van der Waals surface area contributed by atoms with Crippen molar-refractivity contribution in [3.63, 3.8) is 0 Å². The minimum absolute atomic E-state index is 0.0265. The maximum atomic E-state index is 12.4. The molecule has 2 saturated heterocycles. The molecule has 8 heteroatoms. The molecule has 0 aromatic carbocycles. The Morgan fingerprint density at radius 3 is 2.81 bits per heavy atom. The van der Waals surface area contributed by atoms with Crippen LogP contribution in [0.4, 0.5) is 0 Å². The maximum Gasteiger partial charge on any atom is 0.221 e. The van der Waals surface area contributed by atoms with Gasteiger partial charge in [-0.25, -0.2) is 0 Å². The summed E-state index contributed by atoms with van der Waals surface area (Å²) in [6.07, 6.45) is 1.09. The molecule has 26 heavy (non-hydrogen) atoms. The molecular weight excluding hydrogens is 338 g/mol. The molecule has 1 aromatic rings. The van der Waals surface area contributed by atoms with Crippen LogP contribution in [-0.4, -0.2) is 74.2 Å². The average Bonchev–Trinajstić information content (AvgIpc) is 2.98. The van der Waals surface area contributed by atoms with Gasteiger partial charge in [0.15, 0.2) is 0 Å². The van der Waals surface area contributed by atoms with Gasteiger partial charge in [0.25, 0.3) is 0 Å². The summed E-state index contributed by atoms with van der Waals surface area (Å²) in [7, 11) is 0. The highest BCUT2D eigenvalue weighted by molar-refractivity contribution is 5.76. The van der Waals surface area contributed by atoms with Gasteiger partial charge in [-0.3, -0.25) is 9.69 Å². The Bertz CT molecular complexity index is 566. The van der Waals surface area contributed by atoms with E-state index in [0.29, 0.717) is 26.2 Å². The summed E-state index contributed by atoms with van der Waals surface area (Å²) in [6.45, 7) is 9.37. The van der Waals surface area contributed by atoms with E-state index in [1.807, 2.05) is 13.8 Å². The predicted octanol–water partition coefficient (Wildman–Crippen LogP) is 0.804. The normalized spacial score (nSPS) is 24.5. The number of carbonyl (C=O) groups is 1. The summed E-state index contributed by atoms with van der Waals surface area (Å²) in [4.78, 5) is 14.6. The van der Waals surface area contributed by atoms with Gasteiger partial charge in [-0.1, -0.05) is 5.16 Å². The summed E-state index contributed by atoms with van der Waals surface area (Å²) in [5, 5.41) is 7.07. The van der Waals surface area contributed by atoms with E-state index in [9.17, 15) is 4.79 Å². The molecule has 2 aliphatic rings. The monoisotopic (exact) mass is 367 g/mol. The average molecular weight is 367 g/mol. The molecule has 2 atom stereocenters. The van der Waals surface area contributed by atoms with Crippen LogP contribution in [0, 0.1) is 13.8 Å². The van der Waals surface area contributed by atoms with Crippen LogP contribution in [0.1, 0.15) is 29.9 Å². The Kier molecular flexibility index (Phi) is 7.01. The van der Waals surface area contributed by atoms with Gasteiger partial charge in [-0.15, -0.1) is 0 Å². The predicted molar refractivity (Wildman–Crippen MR) is 93.8 cm³/mol. The van der Waals surface area contributed by atoms with Crippen LogP contribution in [0.3, 0.4) is 0 Å². The number of aryl methyl sites for hydroxylation is 2. The minimum Gasteiger partial charge on any atom is -0.379 e. The van der Waals surface area contributed by atoms with E-state index in [0.717, 1.165) is 56.3 Å². The second-order valence-corrected chi connectivity index (χ2v) is 6.89. The van der Waals surface area contributed by atoms with Gasteiger partial charge in [0, 0.05) is 38.2 Å². The third-order valence-electron chi connectivity index (χ3n) is 5.03. The van der Waals surface area contributed by atoms with E-state index in [1.165, 1.54) is 0 Å². The zero-order valence-electron chi connectivity index (χ0n) is 15.7. The standard InChI is InChI=1S/C18H29N3O5/c1-13-15(14(2)26-20-13)11-25-17-12-24-8-4-16(17)19-18(22)3-5-21-6-9-23-10-7-21/h16-17H,3-12H2,1-2H3,(H,19,22). The summed E-state index contributed by atoms with van der Waals surface area (Å²) in [6, 6.07) is -0.0265. The molecule has 0 aliphatic carbocycles. The third kappa shape index (κ3) is 5.26. The number of rotatable bonds is 7. The van der Waals surface area contributed by atoms with Crippen molar-refractivity contribution in [2.45, 2.75) is 45.4 Å². The van der Waals surface area contributed by atoms with Crippen molar-refractivity contribution >= 4 is 5.91 Å². The van der Waals surface area contributed by atoms with E-state index in [1.54, 1.807) is 0 Å². The number of carbonyl (C=O) groups excluding carboxylic acids is 1. The first-order valence-corrected chi connectivity index (χ1v) is 9.34. The topological polar surface area (TPSA) is 86.1 Å². The van der Waals surface area contributed by atoms with Gasteiger partial charge in [0.1, 0.15) is 11.9 Å². The SMILES string of the molecule is Cc1noc(C)c1COC1COCCC1NC(=O)CCN1CCOCC1. The molecule has 8 nitrogen and oxygen atoms in total. The fourth-order valence-corrected chi connectivity index (χ4v) is 3.30. The second-order valence-electron chi connectivity index (χ2n) is 6.89. The summed E-state index contributed by atoms with van der Waals surface area (Å²) in [5.74, 6) is 0.833. The Morgan fingerprint density at radius 2 is 2.08 bits per heavy atom. The lowest BCUT2D eigenvalue weighted by molar-refractivity contribution is -0.127. The second kappa shape index (κ2) is 9.45. The van der Waals surface area contributed by atoms with Crippen LogP contribution in [0.25, 0.3) is 0 Å². The number of amides is 1. The quantitative estimate of drug-likeness (QED) is 0.763. The van der Waals surface area contributed by atoms with Crippen molar-refractivity contribution in [1.82, 2.24) is 15.4 Å². The van der Waals surface area contributed by atoms with E-state index in [2.05, 4.69) is 15.4 Å². The third-order valence-corrected chi connectivity index (χ3v) is 5.03. The molecule has 0 spiro atoms. The van der Waals surface area contributed by atoms with Crippen molar-refractivity contribution in [1.29, 1.82) is 0 Å². The smallest absolute Gasteiger partial charge is 0.221 e. The Labute approximate surface area is 154 Å². The molecule has 0 bridgehead atoms. The van der Waals surface area contributed by atoms with Crippen LogP contribution >= 0.6 is 0 Å². The Balaban J connectivity index is 1.46. The number of hydrogen-bond acceptors (Lipinski definition) is 7. The summed E-state index contributed by atoms with van der Waals surface area (Å²) >= 11 is 0. The van der Waals surface area contributed by atoms with E-state index in [-0.39, 0.29) is 18.1 Å². The lowest BCUT2D eigenvalue weighted by atomic mass is 10.1. The molecular formula is C18H29N3O5. The number of nitrogens with zero attached hydrogens (tertiary/aromatic N) is 2. The van der Waals surface area contributed by atoms with Crippen LogP contribution in [-0.2, 0) is 25.6 Å². The fraction of sp³-hybridized carbons (Fsp3) is 0.778. The fourth-order valence-electron chi connectivity index (χ4n) is 3.30. The maximum absolute atomic E-state index is 12.4. The van der Waals surface area contributed by atoms with Crippen LogP contribution < -0.4 is 5.32 Å². The molecule has 1 amide bonds. The zero-order chi connectivity index (χ0) is 18.4. The van der Waals surface area contributed by atoms with Gasteiger partial charge in [-0.05, 0) is 20.3 Å². The Hall–Kier alpha value is -1.48. The van der Waals surface area contributed by atoms with Crippen molar-refractivity contribution < 1.29 is 23.5 Å². The van der Waals surface area contributed by atoms with E-state index >= 15 is 0 Å². The first-order chi connectivity index (χ1) is 12.6. The van der Waals surface area contributed by atoms with Crippen molar-refractivity contribution in [2.24, 2.45) is 0 Å². The molecule has 1 aromatic heterocycles. The molecule has 1 N–H and O–H groups in total. The number of nitrogens with one attached hydrogen (secondary N) is 1. The lowest BCUT2D eigenvalue weighted by Crippen LogP contribution is -2.50. The van der Waals surface area contributed by atoms with E-state index < -0.39 is 0 Å². The Morgan fingerprint density at radius 1 is 1.27 bits per heavy atom. The van der Waals surface area contributed by atoms with Crippen LogP contribution in [0.15, 0.2) is 4.52 Å².